The van der Waals surface area contributed by atoms with Crippen molar-refractivity contribution in [1.82, 2.24) is 23.7 Å². The van der Waals surface area contributed by atoms with E-state index in [2.05, 4.69) is 37.2 Å². The first-order valence-electron chi connectivity index (χ1n) is 11.2. The summed E-state index contributed by atoms with van der Waals surface area (Å²) in [5.41, 5.74) is 3.71. The number of halogens is 3. The number of ether oxygens (including phenoxy) is 1. The maximum absolute atomic E-state index is 16.1. The van der Waals surface area contributed by atoms with E-state index in [-0.39, 0.29) is 41.6 Å². The number of rotatable bonds is 9. The van der Waals surface area contributed by atoms with E-state index in [1.165, 1.54) is 4.45 Å². The molecule has 0 aliphatic heterocycles. The highest BCUT2D eigenvalue weighted by Gasteiger charge is 2.24. The second kappa shape index (κ2) is 11.2. The summed E-state index contributed by atoms with van der Waals surface area (Å²) in [4.78, 5) is 15.2. The van der Waals surface area contributed by atoms with Crippen LogP contribution < -0.4 is 4.74 Å². The normalized spacial score (nSPS) is 11.6. The van der Waals surface area contributed by atoms with Crippen LogP contribution in [-0.4, -0.2) is 30.0 Å². The predicted octanol–water partition coefficient (Wildman–Crippen LogP) is 7.23. The molecule has 2 heterocycles. The molecule has 188 valence electrons. The highest BCUT2D eigenvalue weighted by Crippen LogP contribution is 2.40. The van der Waals surface area contributed by atoms with Crippen LogP contribution in [0.4, 0.5) is 8.28 Å². The molecule has 1 unspecified atom stereocenters. The highest BCUT2D eigenvalue weighted by molar-refractivity contribution is 14.2. The Balaban J connectivity index is 1.56. The molecular formula is C25H19F2IN5O2PS. The van der Waals surface area contributed by atoms with Crippen LogP contribution >= 0.6 is 40.7 Å². The van der Waals surface area contributed by atoms with Crippen molar-refractivity contribution in [3.63, 3.8) is 0 Å². The zero-order valence-electron chi connectivity index (χ0n) is 19.4. The van der Waals surface area contributed by atoms with E-state index >= 15 is 4.39 Å². The second-order valence-electron chi connectivity index (χ2n) is 7.97. The third-order valence-electron chi connectivity index (χ3n) is 5.84. The third kappa shape index (κ3) is 4.99. The lowest BCUT2D eigenvalue weighted by Gasteiger charge is -2.13. The van der Waals surface area contributed by atoms with Crippen molar-refractivity contribution in [3.8, 4) is 28.4 Å². The summed E-state index contributed by atoms with van der Waals surface area (Å²) in [5.74, 6) is 0.122. The molecule has 37 heavy (non-hydrogen) atoms. The van der Waals surface area contributed by atoms with Crippen LogP contribution in [0.3, 0.4) is 0 Å². The van der Waals surface area contributed by atoms with Gasteiger partial charge in [-0.2, -0.15) is 9.19 Å². The van der Waals surface area contributed by atoms with Gasteiger partial charge in [0, 0.05) is 10.9 Å². The van der Waals surface area contributed by atoms with Crippen LogP contribution in [0.15, 0.2) is 60.7 Å². The lowest BCUT2D eigenvalue weighted by Crippen LogP contribution is -1.98. The molecule has 5 rings (SSSR count). The van der Waals surface area contributed by atoms with Crippen molar-refractivity contribution in [2.45, 2.75) is 20.0 Å². The number of aromatic nitrogens is 5. The summed E-state index contributed by atoms with van der Waals surface area (Å²) < 4.78 is 37.9. The van der Waals surface area contributed by atoms with Gasteiger partial charge >= 0.3 is 0 Å². The van der Waals surface area contributed by atoms with Crippen molar-refractivity contribution in [2.75, 3.05) is 0 Å². The van der Waals surface area contributed by atoms with Gasteiger partial charge in [0.2, 0.25) is 5.82 Å². The number of aryl methyl sites for hydroxylation is 1. The van der Waals surface area contributed by atoms with Crippen LogP contribution in [0.2, 0.25) is 0 Å². The maximum Gasteiger partial charge on any atom is 0.215 e. The van der Waals surface area contributed by atoms with Gasteiger partial charge < -0.3 is 4.74 Å². The quantitative estimate of drug-likeness (QED) is 0.0954. The number of aldehydes is 1. The smallest absolute Gasteiger partial charge is 0.215 e. The zero-order valence-corrected chi connectivity index (χ0v) is 23.3. The molecule has 12 heteroatoms. The van der Waals surface area contributed by atoms with E-state index < -0.39 is 5.82 Å². The lowest BCUT2D eigenvalue weighted by molar-refractivity contribution is 0.111. The number of hydrogen-bond donors (Lipinski definition) is 0. The molecule has 0 saturated carbocycles. The van der Waals surface area contributed by atoms with E-state index in [9.17, 15) is 8.68 Å². The van der Waals surface area contributed by atoms with Gasteiger partial charge in [-0.1, -0.05) is 49.4 Å². The summed E-state index contributed by atoms with van der Waals surface area (Å²) in [7, 11) is 0. The minimum Gasteiger partial charge on any atom is -0.489 e. The topological polar surface area (TPSA) is 74.8 Å². The Bertz CT molecular complexity index is 1600. The molecule has 0 bridgehead atoms. The lowest BCUT2D eigenvalue weighted by atomic mass is 9.96. The molecule has 0 spiro atoms. The Morgan fingerprint density at radius 1 is 1.11 bits per heavy atom. The fraction of sp³-hybridized carbons (Fsp3) is 0.120. The van der Waals surface area contributed by atoms with E-state index in [0.717, 1.165) is 20.8 Å². The maximum atomic E-state index is 16.1. The first-order chi connectivity index (χ1) is 18.1. The van der Waals surface area contributed by atoms with Crippen LogP contribution in [0.25, 0.3) is 33.5 Å². The molecule has 0 radical (unpaired) electrons. The van der Waals surface area contributed by atoms with Crippen LogP contribution in [0, 0.1) is 5.82 Å². The highest BCUT2D eigenvalue weighted by atomic mass is 127. The molecule has 2 aromatic heterocycles. The van der Waals surface area contributed by atoms with Gasteiger partial charge in [0.1, 0.15) is 23.6 Å². The number of carbonyl (C=O) groups excluding carboxylic acids is 1. The number of benzene rings is 3. The average molecular weight is 649 g/mol. The molecule has 1 atom stereocenters. The van der Waals surface area contributed by atoms with Crippen LogP contribution in [0.1, 0.15) is 28.7 Å². The molecule has 0 N–H and O–H groups in total. The minimum atomic E-state index is -0.442. The van der Waals surface area contributed by atoms with Crippen LogP contribution in [-0.2, 0) is 13.0 Å². The third-order valence-corrected chi connectivity index (χ3v) is 8.08. The van der Waals surface area contributed by atoms with E-state index in [1.807, 2.05) is 55.5 Å². The Kier molecular flexibility index (Phi) is 7.82. The van der Waals surface area contributed by atoms with Gasteiger partial charge in [-0.15, -0.1) is 8.98 Å². The number of carbonyl (C=O) groups is 1. The van der Waals surface area contributed by atoms with Crippen molar-refractivity contribution >= 4 is 57.9 Å². The van der Waals surface area contributed by atoms with E-state index in [4.69, 9.17) is 4.74 Å². The van der Waals surface area contributed by atoms with Gasteiger partial charge in [0.25, 0.3) is 0 Å². The second-order valence-corrected chi connectivity index (χ2v) is 10.5. The Morgan fingerprint density at radius 2 is 1.89 bits per heavy atom. The van der Waals surface area contributed by atoms with Gasteiger partial charge in [-0.3, -0.25) is 4.79 Å². The summed E-state index contributed by atoms with van der Waals surface area (Å²) in [6.45, 7) is 2.45. The van der Waals surface area contributed by atoms with Crippen molar-refractivity contribution in [1.29, 1.82) is 0 Å². The zero-order chi connectivity index (χ0) is 25.9. The monoisotopic (exact) mass is 649 g/mol. The predicted molar refractivity (Wildman–Crippen MR) is 152 cm³/mol. The Morgan fingerprint density at radius 3 is 2.59 bits per heavy atom. The van der Waals surface area contributed by atoms with E-state index in [0.29, 0.717) is 36.0 Å². The minimum absolute atomic E-state index is 0.0364. The first-order valence-corrected chi connectivity index (χ1v) is 15.9. The standard InChI is InChI=1S/C25H19F2IN5O2PS/c1-2-16-12-17(35-14-15-6-4-3-5-7-15)8-9-18(16)19-10-11-20-23(31-32(36-28)24(20)22(19)26)25-29-21(13-34)30-33(25)37-27/h3-13,36H,2,14H2,1H3. The SMILES string of the molecule is CCc1cc(OCc2ccccc2)ccc1-c1ccc2c(-c3nc(C=O)nn3SF)nn(PI)c2c1F. The molecule has 0 amide bonds. The molecule has 7 nitrogen and oxygen atoms in total. The number of fused-ring (bicyclic) bond motifs is 1. The average Bonchev–Trinajstić information content (AvgIpc) is 3.54. The van der Waals surface area contributed by atoms with Crippen molar-refractivity contribution < 1.29 is 17.8 Å². The number of hydrogen-bond acceptors (Lipinski definition) is 6. The first kappa shape index (κ1) is 25.7. The largest absolute Gasteiger partial charge is 0.489 e. The van der Waals surface area contributed by atoms with Gasteiger partial charge in [-0.25, -0.2) is 13.8 Å². The van der Waals surface area contributed by atoms with Gasteiger partial charge in [0.05, 0.1) is 6.37 Å². The molecule has 3 aromatic carbocycles. The molecular weight excluding hydrogens is 630 g/mol. The van der Waals surface area contributed by atoms with Crippen molar-refractivity contribution in [2.24, 2.45) is 0 Å². The van der Waals surface area contributed by atoms with Crippen LogP contribution in [0.5, 0.6) is 5.75 Å². The number of nitrogens with zero attached hydrogens (tertiary/aromatic N) is 5. The van der Waals surface area contributed by atoms with Crippen molar-refractivity contribution in [3.05, 3.63) is 83.4 Å². The summed E-state index contributed by atoms with van der Waals surface area (Å²) in [5, 5.41) is 8.72. The molecule has 0 aliphatic carbocycles. The fourth-order valence-electron chi connectivity index (χ4n) is 4.11. The molecule has 0 fully saturated rings. The van der Waals surface area contributed by atoms with Gasteiger partial charge in [-0.05, 0) is 63.4 Å². The van der Waals surface area contributed by atoms with Gasteiger partial charge in [0.15, 0.2) is 30.3 Å². The molecule has 0 aliphatic rings. The summed E-state index contributed by atoms with van der Waals surface area (Å²) in [6, 6.07) is 19.0. The molecule has 5 aromatic rings. The van der Waals surface area contributed by atoms with E-state index in [1.54, 1.807) is 12.1 Å². The molecule has 0 saturated heterocycles. The summed E-state index contributed by atoms with van der Waals surface area (Å²) in [6.07, 6.45) is 1.18. The summed E-state index contributed by atoms with van der Waals surface area (Å²) >= 11 is 1.90. The Labute approximate surface area is 230 Å². The Hall–Kier alpha value is -2.89. The fourth-order valence-corrected chi connectivity index (χ4v) is 5.91.